The number of carbonyl (C=O) groups is 1. The molecule has 0 bridgehead atoms. The lowest BCUT2D eigenvalue weighted by atomic mass is 9.83. The SMILES string of the molecule is CN(C)CC1CCCN1C(=O)C1(C(N)=NO)CCCC1. The molecule has 114 valence electrons. The average molecular weight is 282 g/mol. The van der Waals surface area contributed by atoms with Gasteiger partial charge in [0, 0.05) is 19.1 Å². The van der Waals surface area contributed by atoms with Crippen LogP contribution in [0.1, 0.15) is 38.5 Å². The summed E-state index contributed by atoms with van der Waals surface area (Å²) >= 11 is 0. The molecule has 2 fully saturated rings. The smallest absolute Gasteiger partial charge is 0.236 e. The molecule has 0 aromatic carbocycles. The number of rotatable bonds is 4. The number of amidine groups is 1. The predicted molar refractivity (Wildman–Crippen MR) is 77.6 cm³/mol. The molecule has 1 unspecified atom stereocenters. The standard InChI is InChI=1S/C14H26N4O2/c1-17(2)10-11-6-5-9-18(11)13(19)14(12(15)16-20)7-3-4-8-14/h11,20H,3-10H2,1-2H3,(H2,15,16). The van der Waals surface area contributed by atoms with E-state index >= 15 is 0 Å². The van der Waals surface area contributed by atoms with Gasteiger partial charge < -0.3 is 20.7 Å². The lowest BCUT2D eigenvalue weighted by molar-refractivity contribution is -0.139. The van der Waals surface area contributed by atoms with Crippen LogP contribution < -0.4 is 5.73 Å². The lowest BCUT2D eigenvalue weighted by Crippen LogP contribution is -2.53. The highest BCUT2D eigenvalue weighted by molar-refractivity contribution is 6.07. The van der Waals surface area contributed by atoms with Gasteiger partial charge in [0.05, 0.1) is 0 Å². The molecule has 1 amide bonds. The summed E-state index contributed by atoms with van der Waals surface area (Å²) < 4.78 is 0. The van der Waals surface area contributed by atoms with Gasteiger partial charge in [-0.25, -0.2) is 0 Å². The van der Waals surface area contributed by atoms with Gasteiger partial charge in [-0.15, -0.1) is 0 Å². The molecule has 6 nitrogen and oxygen atoms in total. The number of likely N-dealkylation sites (N-methyl/N-ethyl adjacent to an activating group) is 1. The molecule has 3 N–H and O–H groups in total. The average Bonchev–Trinajstić information content (AvgIpc) is 3.05. The Morgan fingerprint density at radius 2 is 2.05 bits per heavy atom. The third kappa shape index (κ3) is 2.61. The molecule has 1 heterocycles. The van der Waals surface area contributed by atoms with Gasteiger partial charge in [0.15, 0.2) is 5.84 Å². The van der Waals surface area contributed by atoms with Crippen LogP contribution in [0.5, 0.6) is 0 Å². The third-order valence-electron chi connectivity index (χ3n) is 4.68. The van der Waals surface area contributed by atoms with E-state index in [1.807, 2.05) is 19.0 Å². The van der Waals surface area contributed by atoms with Crippen molar-refractivity contribution in [2.45, 2.75) is 44.6 Å². The van der Waals surface area contributed by atoms with Crippen molar-refractivity contribution in [3.8, 4) is 0 Å². The zero-order chi connectivity index (χ0) is 14.8. The Morgan fingerprint density at radius 1 is 1.40 bits per heavy atom. The van der Waals surface area contributed by atoms with Crippen LogP contribution in [0.25, 0.3) is 0 Å². The molecule has 2 rings (SSSR count). The van der Waals surface area contributed by atoms with Crippen molar-refractivity contribution < 1.29 is 10.0 Å². The Labute approximate surface area is 120 Å². The van der Waals surface area contributed by atoms with Gasteiger partial charge in [-0.05, 0) is 39.8 Å². The second-order valence-electron chi connectivity index (χ2n) is 6.33. The van der Waals surface area contributed by atoms with E-state index in [-0.39, 0.29) is 17.8 Å². The maximum atomic E-state index is 13.0. The van der Waals surface area contributed by atoms with Crippen LogP contribution in [0.15, 0.2) is 5.16 Å². The van der Waals surface area contributed by atoms with E-state index < -0.39 is 5.41 Å². The first-order valence-electron chi connectivity index (χ1n) is 7.45. The molecule has 20 heavy (non-hydrogen) atoms. The fourth-order valence-corrected chi connectivity index (χ4v) is 3.64. The number of likely N-dealkylation sites (tertiary alicyclic amines) is 1. The minimum Gasteiger partial charge on any atom is -0.409 e. The van der Waals surface area contributed by atoms with E-state index in [4.69, 9.17) is 10.9 Å². The number of hydrogen-bond acceptors (Lipinski definition) is 4. The third-order valence-corrected chi connectivity index (χ3v) is 4.68. The van der Waals surface area contributed by atoms with Crippen molar-refractivity contribution in [1.82, 2.24) is 9.80 Å². The maximum absolute atomic E-state index is 13.0. The fraction of sp³-hybridized carbons (Fsp3) is 0.857. The molecule has 1 atom stereocenters. The van der Waals surface area contributed by atoms with Gasteiger partial charge >= 0.3 is 0 Å². The largest absolute Gasteiger partial charge is 0.409 e. The number of carbonyl (C=O) groups excluding carboxylic acids is 1. The number of hydrogen-bond donors (Lipinski definition) is 2. The molecule has 0 aromatic rings. The predicted octanol–water partition coefficient (Wildman–Crippen LogP) is 0.846. The van der Waals surface area contributed by atoms with Crippen molar-refractivity contribution in [2.24, 2.45) is 16.3 Å². The topological polar surface area (TPSA) is 82.2 Å². The molecule has 1 aliphatic heterocycles. The van der Waals surface area contributed by atoms with Gasteiger partial charge in [0.2, 0.25) is 5.91 Å². The number of nitrogens with zero attached hydrogens (tertiary/aromatic N) is 3. The Morgan fingerprint density at radius 3 is 2.60 bits per heavy atom. The molecular formula is C14H26N4O2. The highest BCUT2D eigenvalue weighted by atomic mass is 16.4. The van der Waals surface area contributed by atoms with Gasteiger partial charge in [-0.3, -0.25) is 4.79 Å². The minimum atomic E-state index is -0.760. The summed E-state index contributed by atoms with van der Waals surface area (Å²) in [5.74, 6) is 0.158. The van der Waals surface area contributed by atoms with Gasteiger partial charge in [0.1, 0.15) is 5.41 Å². The van der Waals surface area contributed by atoms with Crippen LogP contribution in [0.3, 0.4) is 0 Å². The van der Waals surface area contributed by atoms with Gasteiger partial charge in [-0.1, -0.05) is 18.0 Å². The Kier molecular flexibility index (Phi) is 4.52. The van der Waals surface area contributed by atoms with E-state index in [1.54, 1.807) is 0 Å². The highest BCUT2D eigenvalue weighted by Crippen LogP contribution is 2.41. The van der Waals surface area contributed by atoms with Crippen LogP contribution in [0, 0.1) is 5.41 Å². The minimum absolute atomic E-state index is 0.0645. The summed E-state index contributed by atoms with van der Waals surface area (Å²) in [7, 11) is 4.05. The number of nitrogens with two attached hydrogens (primary N) is 1. The number of oxime groups is 1. The number of amides is 1. The fourth-order valence-electron chi connectivity index (χ4n) is 3.64. The second kappa shape index (κ2) is 5.99. The summed E-state index contributed by atoms with van der Waals surface area (Å²) in [5, 5.41) is 12.2. The summed E-state index contributed by atoms with van der Waals surface area (Å²) in [6.45, 7) is 1.66. The summed E-state index contributed by atoms with van der Waals surface area (Å²) in [4.78, 5) is 17.1. The summed E-state index contributed by atoms with van der Waals surface area (Å²) in [6, 6.07) is 0.251. The molecule has 6 heteroatoms. The van der Waals surface area contributed by atoms with E-state index in [9.17, 15) is 4.79 Å². The normalized spacial score (nSPS) is 26.4. The van der Waals surface area contributed by atoms with Gasteiger partial charge in [0.25, 0.3) is 0 Å². The van der Waals surface area contributed by atoms with Crippen molar-refractivity contribution in [3.05, 3.63) is 0 Å². The van der Waals surface area contributed by atoms with Gasteiger partial charge in [-0.2, -0.15) is 0 Å². The quantitative estimate of drug-likeness (QED) is 0.346. The first-order valence-corrected chi connectivity index (χ1v) is 7.45. The van der Waals surface area contributed by atoms with E-state index in [0.29, 0.717) is 12.8 Å². The first-order chi connectivity index (χ1) is 9.51. The molecular weight excluding hydrogens is 256 g/mol. The monoisotopic (exact) mass is 282 g/mol. The van der Waals surface area contributed by atoms with Crippen LogP contribution in [0.4, 0.5) is 0 Å². The van der Waals surface area contributed by atoms with E-state index in [2.05, 4.69) is 10.1 Å². The van der Waals surface area contributed by atoms with Crippen LogP contribution in [0.2, 0.25) is 0 Å². The molecule has 0 aromatic heterocycles. The van der Waals surface area contributed by atoms with E-state index in [1.165, 1.54) is 0 Å². The molecule has 1 saturated carbocycles. The summed E-state index contributed by atoms with van der Waals surface area (Å²) in [6.07, 6.45) is 5.41. The van der Waals surface area contributed by atoms with Crippen molar-refractivity contribution in [2.75, 3.05) is 27.2 Å². The van der Waals surface area contributed by atoms with Crippen LogP contribution in [-0.2, 0) is 4.79 Å². The zero-order valence-corrected chi connectivity index (χ0v) is 12.5. The lowest BCUT2D eigenvalue weighted by Gasteiger charge is -2.35. The van der Waals surface area contributed by atoms with E-state index in [0.717, 1.165) is 38.8 Å². The Balaban J connectivity index is 2.19. The first kappa shape index (κ1) is 15.1. The van der Waals surface area contributed by atoms with Crippen LogP contribution in [-0.4, -0.2) is 60.0 Å². The zero-order valence-electron chi connectivity index (χ0n) is 12.5. The molecule has 2 aliphatic rings. The van der Waals surface area contributed by atoms with Crippen molar-refractivity contribution in [1.29, 1.82) is 0 Å². The van der Waals surface area contributed by atoms with Crippen LogP contribution >= 0.6 is 0 Å². The van der Waals surface area contributed by atoms with Crippen molar-refractivity contribution >= 4 is 11.7 Å². The Hall–Kier alpha value is -1.30. The molecule has 1 aliphatic carbocycles. The van der Waals surface area contributed by atoms with Crippen molar-refractivity contribution in [3.63, 3.8) is 0 Å². The molecule has 1 saturated heterocycles. The molecule has 0 radical (unpaired) electrons. The summed E-state index contributed by atoms with van der Waals surface area (Å²) in [5.41, 5.74) is 5.11. The highest BCUT2D eigenvalue weighted by Gasteiger charge is 2.49. The Bertz CT molecular complexity index is 389. The molecule has 0 spiro atoms. The maximum Gasteiger partial charge on any atom is 0.236 e. The second-order valence-corrected chi connectivity index (χ2v) is 6.33.